The summed E-state index contributed by atoms with van der Waals surface area (Å²) < 4.78 is 24.4. The smallest absolute Gasteiger partial charge is 0.274 e. The molecule has 0 aliphatic carbocycles. The minimum Gasteiger partial charge on any atom is -0.340 e. The van der Waals surface area contributed by atoms with E-state index in [1.165, 1.54) is 0 Å². The molecule has 4 rings (SSSR count). The van der Waals surface area contributed by atoms with Gasteiger partial charge in [-0.25, -0.2) is 9.86 Å². The Morgan fingerprint density at radius 3 is 2.22 bits per heavy atom. The molecule has 0 radical (unpaired) electrons. The van der Waals surface area contributed by atoms with E-state index in [1.54, 1.807) is 36.7 Å². The largest absolute Gasteiger partial charge is 0.340 e. The first-order valence-electron chi connectivity index (χ1n) is 11.4. The third-order valence-corrected chi connectivity index (χ3v) is 6.22. The van der Waals surface area contributed by atoms with Gasteiger partial charge >= 0.3 is 0 Å². The molecule has 0 fully saturated rings. The monoisotopic (exact) mass is 506 g/mol. The quantitative estimate of drug-likeness (QED) is 0.242. The number of rotatable bonds is 10. The van der Waals surface area contributed by atoms with Crippen molar-refractivity contribution >= 4 is 49.5 Å². The van der Waals surface area contributed by atoms with Gasteiger partial charge in [-0.3, -0.25) is 19.6 Å². The normalized spacial score (nSPS) is 12.4. The lowest BCUT2D eigenvalue weighted by Gasteiger charge is -2.19. The van der Waals surface area contributed by atoms with Crippen LogP contribution < -0.4 is 20.5 Å². The fourth-order valence-electron chi connectivity index (χ4n) is 3.91. The number of unbranched alkanes of at least 4 members (excludes halogenated alkanes) is 1. The van der Waals surface area contributed by atoms with E-state index in [0.29, 0.717) is 35.1 Å². The number of amides is 2. The Labute approximate surface area is 208 Å². The summed E-state index contributed by atoms with van der Waals surface area (Å²) in [7, 11) is -3.79. The molecule has 1 atom stereocenters. The molecule has 0 bridgehead atoms. The predicted molar refractivity (Wildman–Crippen MR) is 138 cm³/mol. The molecule has 0 spiro atoms. The molecule has 2 aromatic carbocycles. The summed E-state index contributed by atoms with van der Waals surface area (Å²) in [6, 6.07) is 17.2. The highest BCUT2D eigenvalue weighted by Crippen LogP contribution is 2.21. The number of anilines is 1. The van der Waals surface area contributed by atoms with Gasteiger partial charge in [0.15, 0.2) is 0 Å². The zero-order valence-electron chi connectivity index (χ0n) is 19.3. The van der Waals surface area contributed by atoms with E-state index in [1.807, 2.05) is 36.4 Å². The summed E-state index contributed by atoms with van der Waals surface area (Å²) in [5, 5.41) is 12.3. The zero-order chi connectivity index (χ0) is 25.5. The van der Waals surface area contributed by atoms with Crippen LogP contribution in [0.5, 0.6) is 0 Å². The van der Waals surface area contributed by atoms with E-state index in [2.05, 4.69) is 25.3 Å². The highest BCUT2D eigenvalue weighted by Gasteiger charge is 2.23. The molecule has 0 aliphatic rings. The number of aromatic nitrogens is 2. The molecule has 186 valence electrons. The lowest BCUT2D eigenvalue weighted by Crippen LogP contribution is -2.44. The van der Waals surface area contributed by atoms with Gasteiger partial charge in [0.1, 0.15) is 6.04 Å². The number of nitrogens with one attached hydrogen (secondary N) is 3. The third kappa shape index (κ3) is 6.39. The van der Waals surface area contributed by atoms with Crippen molar-refractivity contribution in [2.45, 2.75) is 25.3 Å². The number of carbonyl (C=O) groups is 2. The van der Waals surface area contributed by atoms with Crippen LogP contribution in [0, 0.1) is 0 Å². The van der Waals surface area contributed by atoms with Crippen molar-refractivity contribution < 1.29 is 18.0 Å². The number of hydrogen-bond acceptors (Lipinski definition) is 6. The first-order valence-corrected chi connectivity index (χ1v) is 12.9. The Balaban J connectivity index is 1.53. The molecular weight excluding hydrogens is 480 g/mol. The van der Waals surface area contributed by atoms with Crippen LogP contribution in [0.15, 0.2) is 73.1 Å². The Kier molecular flexibility index (Phi) is 7.84. The van der Waals surface area contributed by atoms with E-state index in [4.69, 9.17) is 5.14 Å². The van der Waals surface area contributed by atoms with Gasteiger partial charge in [0.05, 0.1) is 22.3 Å². The van der Waals surface area contributed by atoms with Crippen LogP contribution in [0.4, 0.5) is 5.69 Å². The van der Waals surface area contributed by atoms with Gasteiger partial charge in [0.2, 0.25) is 5.91 Å². The van der Waals surface area contributed by atoms with E-state index in [0.717, 1.165) is 10.8 Å². The zero-order valence-corrected chi connectivity index (χ0v) is 20.2. The molecule has 4 aromatic rings. The van der Waals surface area contributed by atoms with Crippen LogP contribution in [0.1, 0.15) is 29.6 Å². The van der Waals surface area contributed by atoms with Crippen molar-refractivity contribution in [2.75, 3.05) is 11.9 Å². The summed E-state index contributed by atoms with van der Waals surface area (Å²) in [6.07, 6.45) is 4.42. The van der Waals surface area contributed by atoms with E-state index in [-0.39, 0.29) is 13.0 Å². The van der Waals surface area contributed by atoms with Crippen molar-refractivity contribution in [1.82, 2.24) is 20.0 Å². The van der Waals surface area contributed by atoms with Crippen LogP contribution in [-0.2, 0) is 15.0 Å². The van der Waals surface area contributed by atoms with Gasteiger partial charge in [-0.1, -0.05) is 36.4 Å². The van der Waals surface area contributed by atoms with Crippen LogP contribution in [0.2, 0.25) is 0 Å². The number of fused-ring (bicyclic) bond motifs is 2. The number of para-hydroxylation sites is 2. The minimum absolute atomic E-state index is 0.127. The minimum atomic E-state index is -3.79. The van der Waals surface area contributed by atoms with Crippen molar-refractivity contribution in [3.8, 4) is 0 Å². The summed E-state index contributed by atoms with van der Waals surface area (Å²) in [5.41, 5.74) is 2.05. The van der Waals surface area contributed by atoms with E-state index >= 15 is 0 Å². The van der Waals surface area contributed by atoms with Gasteiger partial charge in [-0.2, -0.15) is 8.42 Å². The molecule has 0 saturated heterocycles. The molecule has 2 amide bonds. The molecule has 36 heavy (non-hydrogen) atoms. The van der Waals surface area contributed by atoms with Crippen LogP contribution >= 0.6 is 0 Å². The van der Waals surface area contributed by atoms with Gasteiger partial charge in [-0.05, 0) is 43.5 Å². The third-order valence-electron chi connectivity index (χ3n) is 5.61. The highest BCUT2D eigenvalue weighted by atomic mass is 32.2. The number of nitrogens with two attached hydrogens (primary N) is 1. The second-order valence-corrected chi connectivity index (χ2v) is 9.59. The number of nitrogens with zero attached hydrogens (tertiary/aromatic N) is 2. The maximum absolute atomic E-state index is 13.3. The van der Waals surface area contributed by atoms with Gasteiger partial charge in [0, 0.05) is 29.7 Å². The van der Waals surface area contributed by atoms with Crippen molar-refractivity contribution in [1.29, 1.82) is 0 Å². The Hall–Kier alpha value is -3.93. The summed E-state index contributed by atoms with van der Waals surface area (Å²) >= 11 is 0. The first kappa shape index (κ1) is 25.2. The lowest BCUT2D eigenvalue weighted by atomic mass is 10.1. The second kappa shape index (κ2) is 11.2. The summed E-state index contributed by atoms with van der Waals surface area (Å²) in [4.78, 5) is 35.2. The average Bonchev–Trinajstić information content (AvgIpc) is 2.87. The first-order chi connectivity index (χ1) is 17.3. The number of pyridine rings is 2. The Morgan fingerprint density at radius 2 is 1.50 bits per heavy atom. The number of hydrogen-bond donors (Lipinski definition) is 4. The highest BCUT2D eigenvalue weighted by molar-refractivity contribution is 7.87. The maximum Gasteiger partial charge on any atom is 0.274 e. The molecule has 0 aliphatic heterocycles. The lowest BCUT2D eigenvalue weighted by molar-refractivity contribution is -0.118. The fourth-order valence-corrected chi connectivity index (χ4v) is 4.33. The molecule has 5 N–H and O–H groups in total. The fraction of sp³-hybridized carbons (Fsp3) is 0.200. The second-order valence-electron chi connectivity index (χ2n) is 8.21. The van der Waals surface area contributed by atoms with Crippen molar-refractivity contribution in [3.63, 3.8) is 0 Å². The van der Waals surface area contributed by atoms with Crippen molar-refractivity contribution in [3.05, 3.63) is 78.6 Å². The van der Waals surface area contributed by atoms with Crippen LogP contribution in [0.3, 0.4) is 0 Å². The number of carbonyl (C=O) groups excluding carboxylic acids is 2. The molecule has 0 saturated carbocycles. The van der Waals surface area contributed by atoms with Crippen molar-refractivity contribution in [2.24, 2.45) is 5.14 Å². The van der Waals surface area contributed by atoms with E-state index < -0.39 is 28.1 Å². The summed E-state index contributed by atoms with van der Waals surface area (Å²) in [5.74, 6) is -0.840. The van der Waals surface area contributed by atoms with Gasteiger partial charge in [0.25, 0.3) is 16.1 Å². The maximum atomic E-state index is 13.3. The summed E-state index contributed by atoms with van der Waals surface area (Å²) in [6.45, 7) is 0.127. The number of benzene rings is 2. The molecule has 11 heteroatoms. The van der Waals surface area contributed by atoms with Gasteiger partial charge < -0.3 is 10.6 Å². The molecular formula is C25H26N6O4S. The predicted octanol–water partition coefficient (Wildman–Crippen LogP) is 2.48. The standard InChI is InChI=1S/C25H26N6O4S/c26-36(34,35)29-16-2-1-12-21(25(33)30-20-13-4-8-18-10-6-15-28-23(18)20)31-24(32)19-11-3-7-17-9-5-14-27-22(17)19/h3-11,13-15,21,29H,1-2,12,16H2,(H,30,33)(H,31,32)(H2,26,34,35)/t21-/m0/s1. The average molecular weight is 507 g/mol. The Morgan fingerprint density at radius 1 is 0.861 bits per heavy atom. The molecule has 2 heterocycles. The molecule has 0 unspecified atom stereocenters. The Bertz CT molecular complexity index is 1500. The van der Waals surface area contributed by atoms with Crippen LogP contribution in [0.25, 0.3) is 21.8 Å². The SMILES string of the molecule is NS(=O)(=O)NCCCC[C@H](NC(=O)c1cccc2cccnc12)C(=O)Nc1cccc2cccnc12. The molecule has 10 nitrogen and oxygen atoms in total. The van der Waals surface area contributed by atoms with Gasteiger partial charge in [-0.15, -0.1) is 0 Å². The van der Waals surface area contributed by atoms with E-state index in [9.17, 15) is 18.0 Å². The van der Waals surface area contributed by atoms with Crippen LogP contribution in [-0.4, -0.2) is 42.8 Å². The molecule has 2 aromatic heterocycles. The topological polar surface area (TPSA) is 156 Å².